The van der Waals surface area contributed by atoms with E-state index >= 15 is 0 Å². The lowest BCUT2D eigenvalue weighted by Gasteiger charge is -2.09. The van der Waals surface area contributed by atoms with E-state index in [2.05, 4.69) is 40.7 Å². The molecule has 4 rings (SSSR count). The van der Waals surface area contributed by atoms with Gasteiger partial charge >= 0.3 is 0 Å². The molecule has 0 spiro atoms. The first-order valence-corrected chi connectivity index (χ1v) is 12.6. The topological polar surface area (TPSA) is 131 Å². The zero-order chi connectivity index (χ0) is 25.2. The maximum Gasteiger partial charge on any atom is 0.280 e. The number of nitrogens with one attached hydrogen (secondary N) is 2. The van der Waals surface area contributed by atoms with E-state index in [1.165, 1.54) is 42.5 Å². The molecule has 0 saturated carbocycles. The Morgan fingerprint density at radius 1 is 1.11 bits per heavy atom. The first-order valence-electron chi connectivity index (χ1n) is 10.3. The van der Waals surface area contributed by atoms with Gasteiger partial charge in [-0.25, -0.2) is 23.1 Å². The molecule has 0 aliphatic carbocycles. The highest BCUT2D eigenvalue weighted by Gasteiger charge is 2.18. The third-order valence-corrected chi connectivity index (χ3v) is 6.94. The number of aliphatic imine (C=N–C) groups is 1. The van der Waals surface area contributed by atoms with Gasteiger partial charge in [0.1, 0.15) is 0 Å². The van der Waals surface area contributed by atoms with Crippen molar-refractivity contribution in [1.29, 1.82) is 0 Å². The Morgan fingerprint density at radius 2 is 1.83 bits per heavy atom. The Bertz CT molecular complexity index is 1580. The first kappa shape index (κ1) is 24.4. The zero-order valence-electron chi connectivity index (χ0n) is 19.0. The van der Waals surface area contributed by atoms with Gasteiger partial charge in [0.05, 0.1) is 28.9 Å². The summed E-state index contributed by atoms with van der Waals surface area (Å²) in [5, 5.41) is 3.08. The van der Waals surface area contributed by atoms with E-state index in [0.717, 1.165) is 15.7 Å². The second-order valence-electron chi connectivity index (χ2n) is 7.49. The highest BCUT2D eigenvalue weighted by molar-refractivity contribution is 9.10. The maximum absolute atomic E-state index is 13.0. The molecule has 2 N–H and O–H groups in total. The van der Waals surface area contributed by atoms with Crippen LogP contribution >= 0.6 is 15.9 Å². The monoisotopic (exact) mass is 556 g/mol. The number of hydrogen-bond acceptors (Lipinski definition) is 7. The van der Waals surface area contributed by atoms with Crippen molar-refractivity contribution in [2.75, 3.05) is 11.8 Å². The molecule has 12 heteroatoms. The van der Waals surface area contributed by atoms with Crippen molar-refractivity contribution >= 4 is 43.7 Å². The molecule has 10 nitrogen and oxygen atoms in total. The molecule has 0 amide bonds. The summed E-state index contributed by atoms with van der Waals surface area (Å²) in [6, 6.07) is 11.5. The van der Waals surface area contributed by atoms with Crippen LogP contribution in [0.3, 0.4) is 0 Å². The van der Waals surface area contributed by atoms with Crippen molar-refractivity contribution in [2.24, 2.45) is 4.99 Å². The van der Waals surface area contributed by atoms with Crippen LogP contribution < -0.4 is 15.0 Å². The number of nitrogens with zero attached hydrogens (tertiary/aromatic N) is 4. The normalized spacial score (nSPS) is 11.7. The summed E-state index contributed by atoms with van der Waals surface area (Å²) >= 11 is 3.43. The summed E-state index contributed by atoms with van der Waals surface area (Å²) < 4.78 is 35.2. The highest BCUT2D eigenvalue weighted by atomic mass is 79.9. The summed E-state index contributed by atoms with van der Waals surface area (Å²) in [7, 11) is -2.55. The molecule has 2 aromatic heterocycles. The smallest absolute Gasteiger partial charge is 0.280 e. The number of aromatic amines is 1. The van der Waals surface area contributed by atoms with Crippen LogP contribution in [0.4, 0.5) is 11.5 Å². The van der Waals surface area contributed by atoms with Crippen LogP contribution in [0.2, 0.25) is 0 Å². The number of aromatic nitrogens is 4. The molecule has 0 radical (unpaired) electrons. The van der Waals surface area contributed by atoms with Gasteiger partial charge in [-0.3, -0.25) is 19.6 Å². The van der Waals surface area contributed by atoms with Crippen molar-refractivity contribution in [3.63, 3.8) is 0 Å². The molecule has 35 heavy (non-hydrogen) atoms. The molecule has 0 bridgehead atoms. The lowest BCUT2D eigenvalue weighted by atomic mass is 10.2. The largest absolute Gasteiger partial charge is 0.478 e. The average Bonchev–Trinajstić information content (AvgIpc) is 3.11. The zero-order valence-corrected chi connectivity index (χ0v) is 21.4. The van der Waals surface area contributed by atoms with Crippen LogP contribution in [0.25, 0.3) is 5.69 Å². The van der Waals surface area contributed by atoms with E-state index in [1.807, 2.05) is 25.1 Å². The molecule has 0 unspecified atom stereocenters. The van der Waals surface area contributed by atoms with E-state index in [-0.39, 0.29) is 22.2 Å². The van der Waals surface area contributed by atoms with Crippen LogP contribution in [0.15, 0.2) is 74.0 Å². The molecule has 180 valence electrons. The number of anilines is 1. The molecule has 0 aliphatic heterocycles. The molecular weight excluding hydrogens is 536 g/mol. The number of halogens is 1. The molecule has 0 aliphatic rings. The SMILES string of the molecule is COc1nccnc1NS(=O)(=O)c1ccc(N=Cc2c(C)[nH]n(-c3ccc(Br)cc3C)c2=O)cc1. The second-order valence-corrected chi connectivity index (χ2v) is 10.1. The third kappa shape index (κ3) is 5.17. The van der Waals surface area contributed by atoms with Crippen molar-refractivity contribution in [3.05, 3.63) is 86.5 Å². The molecule has 2 aromatic carbocycles. The van der Waals surface area contributed by atoms with Crippen LogP contribution in [0, 0.1) is 13.8 Å². The van der Waals surface area contributed by atoms with Crippen LogP contribution in [0.5, 0.6) is 5.88 Å². The molecular formula is C23H21BrN6O4S. The third-order valence-electron chi connectivity index (χ3n) is 5.10. The summed E-state index contributed by atoms with van der Waals surface area (Å²) in [6.07, 6.45) is 4.21. The van der Waals surface area contributed by atoms with Crippen molar-refractivity contribution in [1.82, 2.24) is 19.7 Å². The molecule has 0 atom stereocenters. The molecule has 2 heterocycles. The summed E-state index contributed by atoms with van der Waals surface area (Å²) in [5.74, 6) is 0.0421. The van der Waals surface area contributed by atoms with Gasteiger partial charge in [-0.2, -0.15) is 0 Å². The summed E-state index contributed by atoms with van der Waals surface area (Å²) in [5.41, 5.74) is 2.96. The van der Waals surface area contributed by atoms with E-state index < -0.39 is 10.0 Å². The Hall–Kier alpha value is -3.77. The van der Waals surface area contributed by atoms with E-state index in [4.69, 9.17) is 4.74 Å². The van der Waals surface area contributed by atoms with Crippen LogP contribution in [0.1, 0.15) is 16.8 Å². The Labute approximate surface area is 209 Å². The summed E-state index contributed by atoms with van der Waals surface area (Å²) in [6.45, 7) is 3.71. The highest BCUT2D eigenvalue weighted by Crippen LogP contribution is 2.23. The lowest BCUT2D eigenvalue weighted by Crippen LogP contribution is -2.18. The van der Waals surface area contributed by atoms with Crippen LogP contribution in [-0.4, -0.2) is 41.5 Å². The summed E-state index contributed by atoms with van der Waals surface area (Å²) in [4.78, 5) is 25.2. The fourth-order valence-corrected chi connectivity index (χ4v) is 4.81. The lowest BCUT2D eigenvalue weighted by molar-refractivity contribution is 0.398. The standard InChI is InChI=1S/C23H21BrN6O4S/c1-14-12-16(24)4-9-20(14)30-23(31)19(15(2)28-30)13-27-17-5-7-18(8-6-17)35(32,33)29-21-22(34-3)26-11-10-25-21/h4-13,28H,1-3H3,(H,25,29). The maximum atomic E-state index is 13.0. The van der Waals surface area contributed by atoms with Gasteiger partial charge in [-0.15, -0.1) is 0 Å². The number of hydrogen-bond donors (Lipinski definition) is 2. The first-order chi connectivity index (χ1) is 16.7. The van der Waals surface area contributed by atoms with Crippen molar-refractivity contribution < 1.29 is 13.2 Å². The fourth-order valence-electron chi connectivity index (χ4n) is 3.33. The minimum Gasteiger partial charge on any atom is -0.478 e. The predicted octanol–water partition coefficient (Wildman–Crippen LogP) is 3.89. The second kappa shape index (κ2) is 9.84. The average molecular weight is 557 g/mol. The number of sulfonamides is 1. The van der Waals surface area contributed by atoms with Crippen LogP contribution in [-0.2, 0) is 10.0 Å². The number of rotatable bonds is 7. The Kier molecular flexibility index (Phi) is 6.85. The number of aryl methyl sites for hydroxylation is 2. The number of ether oxygens (including phenoxy) is 1. The van der Waals surface area contributed by atoms with Crippen molar-refractivity contribution in [3.8, 4) is 11.6 Å². The Balaban J connectivity index is 1.56. The van der Waals surface area contributed by atoms with Gasteiger partial charge in [-0.1, -0.05) is 15.9 Å². The van der Waals surface area contributed by atoms with Gasteiger partial charge in [0, 0.05) is 28.8 Å². The van der Waals surface area contributed by atoms with E-state index in [9.17, 15) is 13.2 Å². The quantitative estimate of drug-likeness (QED) is 0.332. The van der Waals surface area contributed by atoms with Crippen molar-refractivity contribution in [2.45, 2.75) is 18.7 Å². The number of benzene rings is 2. The minimum atomic E-state index is -3.92. The van der Waals surface area contributed by atoms with Gasteiger partial charge in [0.15, 0.2) is 0 Å². The van der Waals surface area contributed by atoms with Gasteiger partial charge in [-0.05, 0) is 61.9 Å². The number of methoxy groups -OCH3 is 1. The van der Waals surface area contributed by atoms with Gasteiger partial charge in [0.25, 0.3) is 21.5 Å². The molecule has 4 aromatic rings. The molecule has 0 saturated heterocycles. The Morgan fingerprint density at radius 3 is 2.51 bits per heavy atom. The van der Waals surface area contributed by atoms with E-state index in [0.29, 0.717) is 16.9 Å². The fraction of sp³-hybridized carbons (Fsp3) is 0.130. The predicted molar refractivity (Wildman–Crippen MR) is 137 cm³/mol. The van der Waals surface area contributed by atoms with Gasteiger partial charge in [0.2, 0.25) is 5.82 Å². The number of H-pyrrole nitrogens is 1. The molecule has 0 fully saturated rings. The van der Waals surface area contributed by atoms with E-state index in [1.54, 1.807) is 19.1 Å². The minimum absolute atomic E-state index is 0.00931. The van der Waals surface area contributed by atoms with Gasteiger partial charge < -0.3 is 4.74 Å².